The van der Waals surface area contributed by atoms with E-state index in [1.165, 1.54) is 127 Å². The van der Waals surface area contributed by atoms with Crippen molar-refractivity contribution < 1.29 is 0 Å². The number of thioether (sulfide) groups is 1. The van der Waals surface area contributed by atoms with Crippen LogP contribution in [0.15, 0.2) is 24.9 Å². The van der Waals surface area contributed by atoms with E-state index in [9.17, 15) is 0 Å². The van der Waals surface area contributed by atoms with Crippen LogP contribution in [0.1, 0.15) is 129 Å². The van der Waals surface area contributed by atoms with Gasteiger partial charge in [0.15, 0.2) is 0 Å². The van der Waals surface area contributed by atoms with Gasteiger partial charge in [-0.3, -0.25) is 0 Å². The second-order valence-corrected chi connectivity index (χ2v) is 10.7. The maximum Gasteiger partial charge on any atom is 0.0261 e. The van der Waals surface area contributed by atoms with Gasteiger partial charge in [0.2, 0.25) is 0 Å². The Kier molecular flexibility index (Phi) is 24.6. The minimum Gasteiger partial charge on any atom is -0.386 e. The van der Waals surface area contributed by atoms with Crippen molar-refractivity contribution in [1.29, 1.82) is 0 Å². The molecular formula is C28H55NS. The van der Waals surface area contributed by atoms with Crippen molar-refractivity contribution in [1.82, 2.24) is 5.32 Å². The lowest BCUT2D eigenvalue weighted by atomic mass is 10.0. The maximum atomic E-state index is 3.87. The lowest BCUT2D eigenvalue weighted by molar-refractivity contribution is 0.519. The number of rotatable bonds is 25. The summed E-state index contributed by atoms with van der Waals surface area (Å²) in [6.45, 7) is 13.3. The molecule has 1 N–H and O–H groups in total. The molecule has 0 saturated heterocycles. The molecule has 0 aliphatic carbocycles. The Labute approximate surface area is 195 Å². The van der Waals surface area contributed by atoms with E-state index in [1.54, 1.807) is 6.08 Å². The summed E-state index contributed by atoms with van der Waals surface area (Å²) in [7, 11) is 0. The molecule has 0 saturated carbocycles. The second kappa shape index (κ2) is 24.9. The molecule has 0 spiro atoms. The zero-order chi connectivity index (χ0) is 22.1. The van der Waals surface area contributed by atoms with Crippen LogP contribution in [0.5, 0.6) is 0 Å². The normalized spacial score (nSPS) is 11.2. The summed E-state index contributed by atoms with van der Waals surface area (Å²) in [6.07, 6.45) is 27.4. The first-order chi connectivity index (χ1) is 14.7. The third kappa shape index (κ3) is 25.7. The van der Waals surface area contributed by atoms with Crippen molar-refractivity contribution in [3.63, 3.8) is 0 Å². The van der Waals surface area contributed by atoms with Gasteiger partial charge in [-0.15, -0.1) is 0 Å². The quantitative estimate of drug-likeness (QED) is 0.113. The highest BCUT2D eigenvalue weighted by Gasteiger charge is 1.97. The van der Waals surface area contributed by atoms with Gasteiger partial charge >= 0.3 is 0 Å². The summed E-state index contributed by atoms with van der Waals surface area (Å²) < 4.78 is 0. The van der Waals surface area contributed by atoms with E-state index in [0.29, 0.717) is 0 Å². The molecule has 0 amide bonds. The predicted molar refractivity (Wildman–Crippen MR) is 143 cm³/mol. The summed E-state index contributed by atoms with van der Waals surface area (Å²) in [5.74, 6) is 3.67. The highest BCUT2D eigenvalue weighted by atomic mass is 32.2. The minimum absolute atomic E-state index is 0.887. The average Bonchev–Trinajstić information content (AvgIpc) is 2.73. The second-order valence-electron chi connectivity index (χ2n) is 9.46. The number of hydrogen-bond acceptors (Lipinski definition) is 2. The van der Waals surface area contributed by atoms with Crippen LogP contribution < -0.4 is 5.32 Å². The monoisotopic (exact) mass is 437 g/mol. The lowest BCUT2D eigenvalue weighted by Gasteiger charge is -2.06. The molecule has 30 heavy (non-hydrogen) atoms. The van der Waals surface area contributed by atoms with Crippen LogP contribution in [0.3, 0.4) is 0 Å². The molecule has 0 aliphatic heterocycles. The fraction of sp³-hybridized carbons (Fsp3) is 0.857. The van der Waals surface area contributed by atoms with Gasteiger partial charge in [-0.2, -0.15) is 11.8 Å². The number of unbranched alkanes of at least 4 members (excludes halogenated alkanes) is 15. The molecule has 2 heteroatoms. The van der Waals surface area contributed by atoms with E-state index >= 15 is 0 Å². The zero-order valence-electron chi connectivity index (χ0n) is 20.8. The third-order valence-electron chi connectivity index (χ3n) is 5.88. The van der Waals surface area contributed by atoms with Gasteiger partial charge in [0, 0.05) is 12.2 Å². The molecule has 0 bridgehead atoms. The van der Waals surface area contributed by atoms with E-state index in [1.807, 2.05) is 0 Å². The zero-order valence-corrected chi connectivity index (χ0v) is 21.6. The van der Waals surface area contributed by atoms with Gasteiger partial charge in [0.1, 0.15) is 0 Å². The topological polar surface area (TPSA) is 12.0 Å². The number of hydrogen-bond donors (Lipinski definition) is 1. The van der Waals surface area contributed by atoms with Gasteiger partial charge in [0.25, 0.3) is 0 Å². The molecule has 0 atom stereocenters. The Balaban J connectivity index is 3.03. The molecule has 0 heterocycles. The molecule has 0 aliphatic rings. The summed E-state index contributed by atoms with van der Waals surface area (Å²) in [5.41, 5.74) is 0.951. The molecule has 0 aromatic rings. The maximum absolute atomic E-state index is 3.87. The van der Waals surface area contributed by atoms with E-state index in [2.05, 4.69) is 44.1 Å². The van der Waals surface area contributed by atoms with Gasteiger partial charge in [-0.1, -0.05) is 123 Å². The van der Waals surface area contributed by atoms with E-state index in [-0.39, 0.29) is 0 Å². The van der Waals surface area contributed by atoms with E-state index in [0.717, 1.165) is 18.2 Å². The first kappa shape index (κ1) is 29.6. The van der Waals surface area contributed by atoms with E-state index < -0.39 is 0 Å². The van der Waals surface area contributed by atoms with Gasteiger partial charge in [0.05, 0.1) is 0 Å². The van der Waals surface area contributed by atoms with Crippen LogP contribution in [0.2, 0.25) is 0 Å². The molecule has 0 rings (SSSR count). The van der Waals surface area contributed by atoms with Crippen molar-refractivity contribution in [2.45, 2.75) is 129 Å². The van der Waals surface area contributed by atoms with Crippen molar-refractivity contribution in [2.75, 3.05) is 18.1 Å². The molecule has 178 valence electrons. The molecule has 0 fully saturated rings. The first-order valence-corrected chi connectivity index (χ1v) is 14.4. The lowest BCUT2D eigenvalue weighted by Crippen LogP contribution is -2.11. The highest BCUT2D eigenvalue weighted by molar-refractivity contribution is 7.99. The molecule has 0 aromatic heterocycles. The minimum atomic E-state index is 0.887. The molecule has 1 nitrogen and oxygen atoms in total. The molecule has 0 unspecified atom stereocenters. The third-order valence-corrected chi connectivity index (χ3v) is 7.04. The Morgan fingerprint density at radius 2 is 1.07 bits per heavy atom. The Hall–Kier alpha value is -0.370. The SMILES string of the molecule is C=CC(=C)NCCCCCCCCCCCCCCSCCCCCCCC(C)C. The average molecular weight is 438 g/mol. The predicted octanol–water partition coefficient (Wildman–Crippen LogP) is 9.69. The van der Waals surface area contributed by atoms with Gasteiger partial charge < -0.3 is 5.32 Å². The van der Waals surface area contributed by atoms with Crippen molar-refractivity contribution >= 4 is 11.8 Å². The number of allylic oxidation sites excluding steroid dienone is 1. The first-order valence-electron chi connectivity index (χ1n) is 13.3. The number of nitrogens with one attached hydrogen (secondary N) is 1. The Morgan fingerprint density at radius 3 is 1.50 bits per heavy atom. The van der Waals surface area contributed by atoms with Gasteiger partial charge in [-0.05, 0) is 42.8 Å². The fourth-order valence-corrected chi connectivity index (χ4v) is 4.83. The van der Waals surface area contributed by atoms with Crippen LogP contribution in [-0.4, -0.2) is 18.1 Å². The largest absolute Gasteiger partial charge is 0.386 e. The highest BCUT2D eigenvalue weighted by Crippen LogP contribution is 2.15. The van der Waals surface area contributed by atoms with Crippen LogP contribution in [-0.2, 0) is 0 Å². The van der Waals surface area contributed by atoms with Crippen LogP contribution in [0.4, 0.5) is 0 Å². The fourth-order valence-electron chi connectivity index (χ4n) is 3.81. The Bertz CT molecular complexity index is 364. The van der Waals surface area contributed by atoms with Crippen LogP contribution >= 0.6 is 11.8 Å². The van der Waals surface area contributed by atoms with Gasteiger partial charge in [-0.25, -0.2) is 0 Å². The van der Waals surface area contributed by atoms with Crippen LogP contribution in [0.25, 0.3) is 0 Å². The summed E-state index contributed by atoms with van der Waals surface area (Å²) in [5, 5.41) is 3.28. The standard InChI is InChI=1S/C28H55NS/c1-5-28(4)29-24-20-16-12-10-8-6-7-9-11-13-17-21-25-30-26-22-18-14-15-19-23-27(2)3/h5,27,29H,1,4,6-26H2,2-3H3. The Morgan fingerprint density at radius 1 is 0.667 bits per heavy atom. The summed E-state index contributed by atoms with van der Waals surface area (Å²) in [4.78, 5) is 0. The summed E-state index contributed by atoms with van der Waals surface area (Å²) in [6, 6.07) is 0. The van der Waals surface area contributed by atoms with Crippen molar-refractivity contribution in [2.24, 2.45) is 5.92 Å². The van der Waals surface area contributed by atoms with Crippen LogP contribution in [0, 0.1) is 5.92 Å². The molecule has 0 aromatic carbocycles. The van der Waals surface area contributed by atoms with Crippen molar-refractivity contribution in [3.8, 4) is 0 Å². The molecule has 0 radical (unpaired) electrons. The molecular weight excluding hydrogens is 382 g/mol. The smallest absolute Gasteiger partial charge is 0.0261 e. The summed E-state index contributed by atoms with van der Waals surface area (Å²) >= 11 is 2.20. The van der Waals surface area contributed by atoms with E-state index in [4.69, 9.17) is 0 Å². The van der Waals surface area contributed by atoms with Crippen molar-refractivity contribution in [3.05, 3.63) is 24.9 Å².